The number of hydrogen-bond donors (Lipinski definition) is 0. The fraction of sp³-hybridized carbons (Fsp3) is 0.263. The number of oxazole rings is 1. The average molecular weight is 307 g/mol. The predicted molar refractivity (Wildman–Crippen MR) is 90.7 cm³/mol. The monoisotopic (exact) mass is 307 g/mol. The van der Waals surface area contributed by atoms with Crippen molar-refractivity contribution in [1.82, 2.24) is 14.9 Å². The highest BCUT2D eigenvalue weighted by molar-refractivity contribution is 5.55. The van der Waals surface area contributed by atoms with Gasteiger partial charge in [-0.1, -0.05) is 37.3 Å². The smallest absolute Gasteiger partial charge is 0.209 e. The van der Waals surface area contributed by atoms with Crippen LogP contribution in [0.4, 0.5) is 0 Å². The molecule has 2 heterocycles. The Labute approximate surface area is 136 Å². The number of pyridine rings is 1. The van der Waals surface area contributed by atoms with Crippen molar-refractivity contribution in [3.05, 3.63) is 72.5 Å². The van der Waals surface area contributed by atoms with Crippen molar-refractivity contribution in [2.45, 2.75) is 25.9 Å². The summed E-state index contributed by atoms with van der Waals surface area (Å²) < 4.78 is 5.91. The second kappa shape index (κ2) is 7.20. The maximum absolute atomic E-state index is 5.91. The first-order chi connectivity index (χ1) is 11.3. The summed E-state index contributed by atoms with van der Waals surface area (Å²) in [6.07, 6.45) is 6.49. The molecule has 0 saturated carbocycles. The molecule has 4 nitrogen and oxygen atoms in total. The van der Waals surface area contributed by atoms with Crippen molar-refractivity contribution in [2.75, 3.05) is 7.05 Å². The lowest BCUT2D eigenvalue weighted by molar-refractivity contribution is 0.209. The van der Waals surface area contributed by atoms with Crippen LogP contribution in [0.5, 0.6) is 0 Å². The number of benzene rings is 1. The molecule has 0 aliphatic rings. The Morgan fingerprint density at radius 3 is 2.52 bits per heavy atom. The van der Waals surface area contributed by atoms with E-state index in [2.05, 4.69) is 41.0 Å². The van der Waals surface area contributed by atoms with Crippen molar-refractivity contribution in [2.24, 2.45) is 0 Å². The van der Waals surface area contributed by atoms with Crippen LogP contribution in [0, 0.1) is 0 Å². The first kappa shape index (κ1) is 15.4. The van der Waals surface area contributed by atoms with Gasteiger partial charge in [-0.3, -0.25) is 9.88 Å². The lowest BCUT2D eigenvalue weighted by Gasteiger charge is -2.26. The van der Waals surface area contributed by atoms with E-state index in [1.54, 1.807) is 6.20 Å². The highest BCUT2D eigenvalue weighted by Crippen LogP contribution is 2.25. The minimum Gasteiger partial charge on any atom is -0.439 e. The van der Waals surface area contributed by atoms with Crippen LogP contribution in [0.15, 0.2) is 65.5 Å². The summed E-state index contributed by atoms with van der Waals surface area (Å²) in [4.78, 5) is 10.8. The van der Waals surface area contributed by atoms with Crippen molar-refractivity contribution in [1.29, 1.82) is 0 Å². The van der Waals surface area contributed by atoms with Gasteiger partial charge in [0.1, 0.15) is 0 Å². The standard InChI is InChI=1S/C19H21N3O/c1-3-17(15-9-11-20-12-10-15)22(2)14-19-21-13-18(23-19)16-7-5-4-6-8-16/h4-13,17H,3,14H2,1-2H3. The molecule has 2 aromatic heterocycles. The molecule has 0 spiro atoms. The fourth-order valence-corrected chi connectivity index (χ4v) is 2.83. The Hall–Kier alpha value is -2.46. The molecule has 1 unspecified atom stereocenters. The molecule has 3 rings (SSSR count). The first-order valence-corrected chi connectivity index (χ1v) is 7.88. The third-order valence-corrected chi connectivity index (χ3v) is 4.01. The van der Waals surface area contributed by atoms with E-state index in [1.807, 2.05) is 42.7 Å². The SMILES string of the molecule is CCC(c1ccncc1)N(C)Cc1ncc(-c2ccccc2)o1. The molecule has 0 aliphatic carbocycles. The molecule has 23 heavy (non-hydrogen) atoms. The zero-order valence-electron chi connectivity index (χ0n) is 13.5. The minimum absolute atomic E-state index is 0.324. The molecule has 0 aliphatic heterocycles. The van der Waals surface area contributed by atoms with Gasteiger partial charge in [-0.05, 0) is 31.2 Å². The zero-order chi connectivity index (χ0) is 16.1. The van der Waals surface area contributed by atoms with Crippen LogP contribution in [-0.4, -0.2) is 21.9 Å². The van der Waals surface area contributed by atoms with Gasteiger partial charge in [0, 0.05) is 24.0 Å². The highest BCUT2D eigenvalue weighted by atomic mass is 16.4. The number of nitrogens with zero attached hydrogens (tertiary/aromatic N) is 3. The summed E-state index contributed by atoms with van der Waals surface area (Å²) in [5, 5.41) is 0. The summed E-state index contributed by atoms with van der Waals surface area (Å²) in [5.41, 5.74) is 2.31. The van der Waals surface area contributed by atoms with E-state index in [1.165, 1.54) is 5.56 Å². The van der Waals surface area contributed by atoms with E-state index in [0.29, 0.717) is 12.6 Å². The van der Waals surface area contributed by atoms with Crippen molar-refractivity contribution in [3.8, 4) is 11.3 Å². The largest absolute Gasteiger partial charge is 0.439 e. The summed E-state index contributed by atoms with van der Waals surface area (Å²) in [6, 6.07) is 14.5. The first-order valence-electron chi connectivity index (χ1n) is 7.88. The third kappa shape index (κ3) is 3.66. The summed E-state index contributed by atoms with van der Waals surface area (Å²) in [5.74, 6) is 1.55. The maximum atomic E-state index is 5.91. The van der Waals surface area contributed by atoms with Crippen LogP contribution >= 0.6 is 0 Å². The molecule has 0 N–H and O–H groups in total. The van der Waals surface area contributed by atoms with Crippen LogP contribution in [0.2, 0.25) is 0 Å². The van der Waals surface area contributed by atoms with Crippen LogP contribution < -0.4 is 0 Å². The van der Waals surface area contributed by atoms with Gasteiger partial charge in [-0.2, -0.15) is 0 Å². The van der Waals surface area contributed by atoms with Gasteiger partial charge < -0.3 is 4.42 Å². The third-order valence-electron chi connectivity index (χ3n) is 4.01. The van der Waals surface area contributed by atoms with Gasteiger partial charge in [0.2, 0.25) is 5.89 Å². The molecule has 4 heteroatoms. The van der Waals surface area contributed by atoms with Gasteiger partial charge in [-0.25, -0.2) is 4.98 Å². The summed E-state index contributed by atoms with van der Waals surface area (Å²) >= 11 is 0. The van der Waals surface area contributed by atoms with Gasteiger partial charge >= 0.3 is 0 Å². The van der Waals surface area contributed by atoms with E-state index in [4.69, 9.17) is 4.42 Å². The van der Waals surface area contributed by atoms with Crippen LogP contribution in [-0.2, 0) is 6.54 Å². The van der Waals surface area contributed by atoms with E-state index < -0.39 is 0 Å². The molecule has 0 fully saturated rings. The molecular formula is C19H21N3O. The van der Waals surface area contributed by atoms with E-state index in [9.17, 15) is 0 Å². The molecule has 0 amide bonds. The zero-order valence-corrected chi connectivity index (χ0v) is 13.5. The van der Waals surface area contributed by atoms with Gasteiger partial charge in [0.05, 0.1) is 12.7 Å². The quantitative estimate of drug-likeness (QED) is 0.680. The van der Waals surface area contributed by atoms with Crippen LogP contribution in [0.3, 0.4) is 0 Å². The lowest BCUT2D eigenvalue weighted by atomic mass is 10.0. The van der Waals surface area contributed by atoms with Gasteiger partial charge in [0.25, 0.3) is 0 Å². The van der Waals surface area contributed by atoms with Crippen molar-refractivity contribution in [3.63, 3.8) is 0 Å². The maximum Gasteiger partial charge on any atom is 0.209 e. The van der Waals surface area contributed by atoms with Crippen molar-refractivity contribution >= 4 is 0 Å². The minimum atomic E-state index is 0.324. The second-order valence-electron chi connectivity index (χ2n) is 5.60. The number of rotatable bonds is 6. The van der Waals surface area contributed by atoms with E-state index >= 15 is 0 Å². The Balaban J connectivity index is 1.73. The predicted octanol–water partition coefficient (Wildman–Crippen LogP) is 4.32. The van der Waals surface area contributed by atoms with E-state index in [0.717, 1.165) is 23.6 Å². The van der Waals surface area contributed by atoms with E-state index in [-0.39, 0.29) is 0 Å². The summed E-state index contributed by atoms with van der Waals surface area (Å²) in [7, 11) is 2.10. The van der Waals surface area contributed by atoms with Crippen molar-refractivity contribution < 1.29 is 4.42 Å². The number of hydrogen-bond acceptors (Lipinski definition) is 4. The molecular weight excluding hydrogens is 286 g/mol. The Morgan fingerprint density at radius 2 is 1.83 bits per heavy atom. The average Bonchev–Trinajstić information content (AvgIpc) is 3.06. The van der Waals surface area contributed by atoms with Gasteiger partial charge in [-0.15, -0.1) is 0 Å². The molecule has 3 aromatic rings. The molecule has 1 atom stereocenters. The van der Waals surface area contributed by atoms with Crippen LogP contribution in [0.25, 0.3) is 11.3 Å². The summed E-state index contributed by atoms with van der Waals surface area (Å²) in [6.45, 7) is 2.86. The molecule has 0 saturated heterocycles. The fourth-order valence-electron chi connectivity index (χ4n) is 2.83. The molecule has 0 bridgehead atoms. The van der Waals surface area contributed by atoms with Gasteiger partial charge in [0.15, 0.2) is 5.76 Å². The topological polar surface area (TPSA) is 42.2 Å². The lowest BCUT2D eigenvalue weighted by Crippen LogP contribution is -2.23. The molecule has 118 valence electrons. The number of aromatic nitrogens is 2. The molecule has 0 radical (unpaired) electrons. The Morgan fingerprint density at radius 1 is 1.09 bits per heavy atom. The molecule has 1 aromatic carbocycles. The Kier molecular flexibility index (Phi) is 4.83. The second-order valence-corrected chi connectivity index (χ2v) is 5.60. The normalized spacial score (nSPS) is 12.5. The highest BCUT2D eigenvalue weighted by Gasteiger charge is 2.17. The Bertz CT molecular complexity index is 725. The van der Waals surface area contributed by atoms with Crippen LogP contribution in [0.1, 0.15) is 30.8 Å².